The molecule has 1 unspecified atom stereocenters. The van der Waals surface area contributed by atoms with Crippen LogP contribution in [0.3, 0.4) is 0 Å². The Morgan fingerprint density at radius 3 is 1.89 bits per heavy atom. The van der Waals surface area contributed by atoms with E-state index in [9.17, 15) is 4.79 Å². The zero-order chi connectivity index (χ0) is 18.9. The molecule has 0 aliphatic rings. The highest BCUT2D eigenvalue weighted by molar-refractivity contribution is 5.78. The summed E-state index contributed by atoms with van der Waals surface area (Å²) < 4.78 is 11.2. The van der Waals surface area contributed by atoms with Crippen molar-refractivity contribution in [2.45, 2.75) is 19.1 Å². The molecule has 3 rings (SSSR count). The minimum Gasteiger partial charge on any atom is -0.489 e. The molecule has 0 heterocycles. The number of rotatable bonds is 8. The lowest BCUT2D eigenvalue weighted by Gasteiger charge is -2.15. The predicted octanol–water partition coefficient (Wildman–Crippen LogP) is 4.05. The lowest BCUT2D eigenvalue weighted by molar-refractivity contribution is -0.146. The minimum atomic E-state index is -0.489. The third-order valence-corrected chi connectivity index (χ3v) is 4.27. The maximum atomic E-state index is 12.4. The van der Waals surface area contributed by atoms with Gasteiger partial charge in [-0.1, -0.05) is 72.8 Å². The summed E-state index contributed by atoms with van der Waals surface area (Å²) in [5.74, 6) is -0.0628. The van der Waals surface area contributed by atoms with Gasteiger partial charge in [0.25, 0.3) is 0 Å². The average molecular weight is 361 g/mol. The van der Waals surface area contributed by atoms with Crippen molar-refractivity contribution >= 4 is 5.97 Å². The van der Waals surface area contributed by atoms with E-state index in [0.29, 0.717) is 6.61 Å². The number of benzene rings is 3. The Morgan fingerprint density at radius 2 is 1.33 bits per heavy atom. The van der Waals surface area contributed by atoms with Crippen molar-refractivity contribution in [3.8, 4) is 5.75 Å². The molecule has 2 N–H and O–H groups in total. The fourth-order valence-electron chi connectivity index (χ4n) is 2.73. The van der Waals surface area contributed by atoms with Crippen LogP contribution in [-0.2, 0) is 22.7 Å². The molecule has 27 heavy (non-hydrogen) atoms. The summed E-state index contributed by atoms with van der Waals surface area (Å²) in [6.45, 7) is 0.936. The molecule has 0 fully saturated rings. The maximum absolute atomic E-state index is 12.4. The highest BCUT2D eigenvalue weighted by Gasteiger charge is 2.20. The average Bonchev–Trinajstić information content (AvgIpc) is 2.74. The molecular weight excluding hydrogens is 338 g/mol. The fraction of sp³-hybridized carbons (Fsp3) is 0.174. The molecule has 3 aromatic rings. The Bertz CT molecular complexity index is 833. The van der Waals surface area contributed by atoms with Gasteiger partial charge in [0.15, 0.2) is 0 Å². The van der Waals surface area contributed by atoms with Gasteiger partial charge < -0.3 is 15.2 Å². The number of carbonyl (C=O) groups excluding carboxylic acids is 1. The first-order valence-electron chi connectivity index (χ1n) is 8.93. The molecule has 0 aliphatic heterocycles. The second-order valence-corrected chi connectivity index (χ2v) is 6.22. The zero-order valence-corrected chi connectivity index (χ0v) is 15.1. The van der Waals surface area contributed by atoms with E-state index in [1.54, 1.807) is 0 Å². The Hall–Kier alpha value is -3.11. The van der Waals surface area contributed by atoms with Crippen LogP contribution in [0.1, 0.15) is 22.6 Å². The molecule has 0 bridgehead atoms. The van der Waals surface area contributed by atoms with Crippen LogP contribution in [0.2, 0.25) is 0 Å². The topological polar surface area (TPSA) is 61.6 Å². The van der Waals surface area contributed by atoms with Crippen LogP contribution in [0, 0.1) is 0 Å². The highest BCUT2D eigenvalue weighted by atomic mass is 16.5. The van der Waals surface area contributed by atoms with Gasteiger partial charge in [-0.3, -0.25) is 4.79 Å². The lowest BCUT2D eigenvalue weighted by Crippen LogP contribution is -2.23. The summed E-state index contributed by atoms with van der Waals surface area (Å²) in [6.07, 6.45) is 0. The van der Waals surface area contributed by atoms with Crippen LogP contribution in [0.5, 0.6) is 5.75 Å². The van der Waals surface area contributed by atoms with E-state index in [2.05, 4.69) is 0 Å². The van der Waals surface area contributed by atoms with Gasteiger partial charge in [-0.05, 0) is 28.8 Å². The first-order chi connectivity index (χ1) is 13.3. The summed E-state index contributed by atoms with van der Waals surface area (Å²) in [5.41, 5.74) is 8.69. The number of ether oxygens (including phenoxy) is 2. The smallest absolute Gasteiger partial charge is 0.315 e. The first kappa shape index (κ1) is 18.7. The van der Waals surface area contributed by atoms with Crippen molar-refractivity contribution in [3.05, 3.63) is 102 Å². The Balaban J connectivity index is 1.57. The minimum absolute atomic E-state index is 0.192. The van der Waals surface area contributed by atoms with Gasteiger partial charge >= 0.3 is 5.97 Å². The van der Waals surface area contributed by atoms with Gasteiger partial charge in [-0.2, -0.15) is 0 Å². The third-order valence-electron chi connectivity index (χ3n) is 4.27. The van der Waals surface area contributed by atoms with E-state index in [1.165, 1.54) is 0 Å². The number of nitrogens with two attached hydrogens (primary N) is 1. The maximum Gasteiger partial charge on any atom is 0.315 e. The van der Waals surface area contributed by atoms with E-state index in [-0.39, 0.29) is 19.1 Å². The van der Waals surface area contributed by atoms with E-state index >= 15 is 0 Å². The number of hydrogen-bond donors (Lipinski definition) is 1. The second kappa shape index (κ2) is 9.55. The van der Waals surface area contributed by atoms with Crippen LogP contribution < -0.4 is 10.5 Å². The molecule has 4 nitrogen and oxygen atoms in total. The quantitative estimate of drug-likeness (QED) is 0.615. The molecule has 4 heteroatoms. The summed E-state index contributed by atoms with van der Waals surface area (Å²) in [6, 6.07) is 27.0. The molecule has 1 atom stereocenters. The molecule has 0 aromatic heterocycles. The summed E-state index contributed by atoms with van der Waals surface area (Å²) in [4.78, 5) is 12.4. The molecule has 0 saturated carbocycles. The molecule has 0 radical (unpaired) electrons. The normalized spacial score (nSPS) is 11.6. The van der Waals surface area contributed by atoms with Crippen molar-refractivity contribution in [2.75, 3.05) is 6.54 Å². The largest absolute Gasteiger partial charge is 0.489 e. The Morgan fingerprint density at radius 1 is 0.778 bits per heavy atom. The van der Waals surface area contributed by atoms with Crippen LogP contribution in [0.25, 0.3) is 0 Å². The van der Waals surface area contributed by atoms with E-state index in [0.717, 1.165) is 22.4 Å². The standard InChI is InChI=1S/C23H23NO3/c24-15-22(23(25)27-17-19-9-5-2-6-10-19)20-11-13-21(14-12-20)26-16-18-7-3-1-4-8-18/h1-14,22H,15-17,24H2. The molecule has 0 spiro atoms. The van der Waals surface area contributed by atoms with Crippen molar-refractivity contribution < 1.29 is 14.3 Å². The molecular formula is C23H23NO3. The number of hydrogen-bond acceptors (Lipinski definition) is 4. The molecule has 0 aliphatic carbocycles. The van der Waals surface area contributed by atoms with E-state index in [1.807, 2.05) is 84.9 Å². The Labute approximate surface area is 159 Å². The Kier molecular flexibility index (Phi) is 6.61. The second-order valence-electron chi connectivity index (χ2n) is 6.22. The zero-order valence-electron chi connectivity index (χ0n) is 15.1. The van der Waals surface area contributed by atoms with Crippen molar-refractivity contribution in [3.63, 3.8) is 0 Å². The van der Waals surface area contributed by atoms with Gasteiger partial charge in [-0.15, -0.1) is 0 Å². The first-order valence-corrected chi connectivity index (χ1v) is 8.93. The van der Waals surface area contributed by atoms with Gasteiger partial charge in [0.2, 0.25) is 0 Å². The summed E-state index contributed by atoms with van der Waals surface area (Å²) in [7, 11) is 0. The van der Waals surface area contributed by atoms with Crippen LogP contribution in [-0.4, -0.2) is 12.5 Å². The summed E-state index contributed by atoms with van der Waals surface area (Å²) >= 11 is 0. The van der Waals surface area contributed by atoms with Gasteiger partial charge in [-0.25, -0.2) is 0 Å². The molecule has 0 amide bonds. The van der Waals surface area contributed by atoms with Gasteiger partial charge in [0, 0.05) is 6.54 Å². The monoisotopic (exact) mass is 361 g/mol. The van der Waals surface area contributed by atoms with Crippen molar-refractivity contribution in [1.29, 1.82) is 0 Å². The van der Waals surface area contributed by atoms with Gasteiger partial charge in [0.1, 0.15) is 19.0 Å². The lowest BCUT2D eigenvalue weighted by atomic mass is 9.99. The van der Waals surface area contributed by atoms with E-state index < -0.39 is 5.92 Å². The number of carbonyl (C=O) groups is 1. The van der Waals surface area contributed by atoms with Gasteiger partial charge in [0.05, 0.1) is 5.92 Å². The summed E-state index contributed by atoms with van der Waals surface area (Å²) in [5, 5.41) is 0. The van der Waals surface area contributed by atoms with Crippen molar-refractivity contribution in [1.82, 2.24) is 0 Å². The molecule has 138 valence electrons. The van der Waals surface area contributed by atoms with Crippen LogP contribution in [0.15, 0.2) is 84.9 Å². The molecule has 0 saturated heterocycles. The predicted molar refractivity (Wildman–Crippen MR) is 105 cm³/mol. The third kappa shape index (κ3) is 5.43. The van der Waals surface area contributed by atoms with Crippen LogP contribution in [0.4, 0.5) is 0 Å². The number of esters is 1. The van der Waals surface area contributed by atoms with Crippen molar-refractivity contribution in [2.24, 2.45) is 5.73 Å². The van der Waals surface area contributed by atoms with E-state index in [4.69, 9.17) is 15.2 Å². The highest BCUT2D eigenvalue weighted by Crippen LogP contribution is 2.21. The van der Waals surface area contributed by atoms with Crippen LogP contribution >= 0.6 is 0 Å². The SMILES string of the molecule is NCC(C(=O)OCc1ccccc1)c1ccc(OCc2ccccc2)cc1. The molecule has 3 aromatic carbocycles. The fourth-order valence-corrected chi connectivity index (χ4v) is 2.73.